The van der Waals surface area contributed by atoms with Crippen molar-refractivity contribution in [2.75, 3.05) is 17.7 Å². The summed E-state index contributed by atoms with van der Waals surface area (Å²) in [4.78, 5) is 4.37. The summed E-state index contributed by atoms with van der Waals surface area (Å²) in [6.45, 7) is 0. The molecule has 1 aromatic carbocycles. The molecule has 6 nitrogen and oxygen atoms in total. The molecule has 2 rings (SSSR count). The highest BCUT2D eigenvalue weighted by atomic mass is 32.1. The highest BCUT2D eigenvalue weighted by Crippen LogP contribution is 2.26. The topological polar surface area (TPSA) is 98.8 Å². The summed E-state index contributed by atoms with van der Waals surface area (Å²) >= 11 is 6.46. The van der Waals surface area contributed by atoms with E-state index in [-0.39, 0.29) is 5.96 Å². The van der Waals surface area contributed by atoms with Crippen LogP contribution in [-0.4, -0.2) is 23.1 Å². The van der Waals surface area contributed by atoms with Crippen molar-refractivity contribution in [3.8, 4) is 11.3 Å². The van der Waals surface area contributed by atoms with Crippen LogP contribution in [0.3, 0.4) is 0 Å². The molecule has 0 spiro atoms. The highest BCUT2D eigenvalue weighted by molar-refractivity contribution is 7.80. The molecule has 0 saturated heterocycles. The maximum atomic E-state index is 7.18. The van der Waals surface area contributed by atoms with Gasteiger partial charge in [0.2, 0.25) is 0 Å². The van der Waals surface area contributed by atoms with Crippen LogP contribution >= 0.6 is 23.6 Å². The Labute approximate surface area is 125 Å². The Hall–Kier alpha value is -2.19. The Bertz CT molecular complexity index is 636. The van der Waals surface area contributed by atoms with Gasteiger partial charge in [-0.2, -0.15) is 0 Å². The quantitative estimate of drug-likeness (QED) is 0.338. The van der Waals surface area contributed by atoms with Gasteiger partial charge in [-0.1, -0.05) is 12.1 Å². The number of nitrogens with two attached hydrogens (primary N) is 1. The third-order valence-corrected chi connectivity index (χ3v) is 3.45. The molecule has 8 heteroatoms. The minimum absolute atomic E-state index is 0.124. The molecule has 1 aromatic heterocycles. The van der Waals surface area contributed by atoms with E-state index >= 15 is 0 Å². The van der Waals surface area contributed by atoms with Gasteiger partial charge in [0.05, 0.1) is 5.69 Å². The first kappa shape index (κ1) is 14.2. The van der Waals surface area contributed by atoms with Crippen LogP contribution in [0.1, 0.15) is 0 Å². The SMILES string of the molecule is CNC(=S)Nc1cccc(-c2csc(NC(=N)N)n2)c1. The lowest BCUT2D eigenvalue weighted by Gasteiger charge is -2.07. The standard InChI is InChI=1S/C12H14N6S2/c1-15-11(19)16-8-4-2-3-7(5-8)9-6-20-12(17-9)18-10(13)14/h2-6H,1H3,(H2,15,16,19)(H4,13,14,17,18). The number of rotatable bonds is 3. The second-order valence-electron chi connectivity index (χ2n) is 3.86. The zero-order chi connectivity index (χ0) is 14.5. The fraction of sp³-hybridized carbons (Fsp3) is 0.0833. The predicted octanol–water partition coefficient (Wildman–Crippen LogP) is 2.03. The molecule has 0 amide bonds. The van der Waals surface area contributed by atoms with Gasteiger partial charge >= 0.3 is 0 Å². The molecule has 0 aliphatic carbocycles. The van der Waals surface area contributed by atoms with Gasteiger partial charge < -0.3 is 21.7 Å². The highest BCUT2D eigenvalue weighted by Gasteiger charge is 2.06. The summed E-state index contributed by atoms with van der Waals surface area (Å²) in [6, 6.07) is 7.76. The summed E-state index contributed by atoms with van der Waals surface area (Å²) in [5, 5.41) is 18.8. The van der Waals surface area contributed by atoms with Crippen LogP contribution in [0.15, 0.2) is 29.6 Å². The largest absolute Gasteiger partial charge is 0.370 e. The van der Waals surface area contributed by atoms with Crippen molar-refractivity contribution < 1.29 is 0 Å². The zero-order valence-electron chi connectivity index (χ0n) is 10.7. The van der Waals surface area contributed by atoms with Gasteiger partial charge in [-0.25, -0.2) is 4.98 Å². The fourth-order valence-corrected chi connectivity index (χ4v) is 2.38. The lowest BCUT2D eigenvalue weighted by molar-refractivity contribution is 1.20. The van der Waals surface area contributed by atoms with Crippen molar-refractivity contribution in [1.29, 1.82) is 5.41 Å². The Balaban J connectivity index is 2.20. The molecule has 104 valence electrons. The summed E-state index contributed by atoms with van der Waals surface area (Å²) in [5.41, 5.74) is 7.94. The number of aromatic nitrogens is 1. The van der Waals surface area contributed by atoms with E-state index in [0.29, 0.717) is 10.2 Å². The van der Waals surface area contributed by atoms with Gasteiger partial charge in [-0.05, 0) is 24.4 Å². The van der Waals surface area contributed by atoms with Gasteiger partial charge in [0.25, 0.3) is 0 Å². The zero-order valence-corrected chi connectivity index (χ0v) is 12.4. The van der Waals surface area contributed by atoms with E-state index in [1.54, 1.807) is 7.05 Å². The minimum atomic E-state index is -0.124. The third-order valence-electron chi connectivity index (χ3n) is 2.39. The van der Waals surface area contributed by atoms with Gasteiger partial charge in [0.15, 0.2) is 16.2 Å². The first-order valence-electron chi connectivity index (χ1n) is 5.74. The first-order valence-corrected chi connectivity index (χ1v) is 7.03. The molecule has 0 aliphatic heterocycles. The smallest absolute Gasteiger partial charge is 0.192 e. The van der Waals surface area contributed by atoms with E-state index in [1.165, 1.54) is 11.3 Å². The summed E-state index contributed by atoms with van der Waals surface area (Å²) in [7, 11) is 1.76. The van der Waals surface area contributed by atoms with E-state index in [4.69, 9.17) is 23.4 Å². The average molecular weight is 306 g/mol. The molecular weight excluding hydrogens is 292 g/mol. The summed E-state index contributed by atoms with van der Waals surface area (Å²) < 4.78 is 0. The second-order valence-corrected chi connectivity index (χ2v) is 5.13. The molecule has 6 N–H and O–H groups in total. The van der Waals surface area contributed by atoms with Crippen molar-refractivity contribution in [3.63, 3.8) is 0 Å². The van der Waals surface area contributed by atoms with Gasteiger partial charge in [-0.3, -0.25) is 5.41 Å². The maximum absolute atomic E-state index is 7.18. The van der Waals surface area contributed by atoms with E-state index < -0.39 is 0 Å². The Kier molecular flexibility index (Phi) is 4.49. The second kappa shape index (κ2) is 6.31. The normalized spacial score (nSPS) is 9.85. The van der Waals surface area contributed by atoms with Crippen LogP contribution in [0.4, 0.5) is 10.8 Å². The van der Waals surface area contributed by atoms with Crippen molar-refractivity contribution in [1.82, 2.24) is 10.3 Å². The number of thiocarbonyl (C=S) groups is 1. The molecule has 0 atom stereocenters. The molecule has 2 aromatic rings. The molecular formula is C12H14N6S2. The van der Waals surface area contributed by atoms with Crippen LogP contribution in [0.25, 0.3) is 11.3 Å². The van der Waals surface area contributed by atoms with Crippen LogP contribution in [0, 0.1) is 5.41 Å². The fourth-order valence-electron chi connectivity index (χ4n) is 1.53. The Morgan fingerprint density at radius 2 is 2.20 bits per heavy atom. The number of thiazole rings is 1. The number of nitrogens with zero attached hydrogens (tertiary/aromatic N) is 1. The van der Waals surface area contributed by atoms with Crippen molar-refractivity contribution >= 4 is 45.4 Å². The molecule has 0 fully saturated rings. The predicted molar refractivity (Wildman–Crippen MR) is 88.4 cm³/mol. The monoisotopic (exact) mass is 306 g/mol. The van der Waals surface area contributed by atoms with Gasteiger partial charge in [0.1, 0.15) is 0 Å². The molecule has 0 unspecified atom stereocenters. The molecule has 0 bridgehead atoms. The lowest BCUT2D eigenvalue weighted by atomic mass is 10.1. The van der Waals surface area contributed by atoms with E-state index in [2.05, 4.69) is 20.9 Å². The average Bonchev–Trinajstić information content (AvgIpc) is 2.86. The van der Waals surface area contributed by atoms with Crippen LogP contribution in [0.2, 0.25) is 0 Å². The molecule has 0 aliphatic rings. The van der Waals surface area contributed by atoms with Crippen LogP contribution < -0.4 is 21.7 Å². The van der Waals surface area contributed by atoms with E-state index in [9.17, 15) is 0 Å². The van der Waals surface area contributed by atoms with Gasteiger partial charge in [-0.15, -0.1) is 11.3 Å². The number of benzene rings is 1. The molecule has 1 heterocycles. The molecule has 0 radical (unpaired) electrons. The first-order chi connectivity index (χ1) is 9.58. The van der Waals surface area contributed by atoms with Crippen molar-refractivity contribution in [3.05, 3.63) is 29.6 Å². The van der Waals surface area contributed by atoms with Gasteiger partial charge in [0, 0.05) is 23.7 Å². The van der Waals surface area contributed by atoms with Crippen molar-refractivity contribution in [2.45, 2.75) is 0 Å². The number of guanidine groups is 1. The van der Waals surface area contributed by atoms with E-state index in [0.717, 1.165) is 16.9 Å². The Morgan fingerprint density at radius 3 is 2.90 bits per heavy atom. The maximum Gasteiger partial charge on any atom is 0.192 e. The number of nitrogens with one attached hydrogen (secondary N) is 4. The number of hydrogen-bond acceptors (Lipinski definition) is 4. The van der Waals surface area contributed by atoms with E-state index in [1.807, 2.05) is 29.6 Å². The minimum Gasteiger partial charge on any atom is -0.370 e. The third kappa shape index (κ3) is 3.65. The molecule has 0 saturated carbocycles. The Morgan fingerprint density at radius 1 is 1.40 bits per heavy atom. The lowest BCUT2D eigenvalue weighted by Crippen LogP contribution is -2.24. The van der Waals surface area contributed by atoms with Crippen LogP contribution in [-0.2, 0) is 0 Å². The summed E-state index contributed by atoms with van der Waals surface area (Å²) in [5.74, 6) is -0.124. The number of anilines is 2. The number of hydrogen-bond donors (Lipinski definition) is 5. The summed E-state index contributed by atoms with van der Waals surface area (Å²) in [6.07, 6.45) is 0. The van der Waals surface area contributed by atoms with Crippen LogP contribution in [0.5, 0.6) is 0 Å². The molecule has 20 heavy (non-hydrogen) atoms. The van der Waals surface area contributed by atoms with Crippen molar-refractivity contribution in [2.24, 2.45) is 5.73 Å².